The van der Waals surface area contributed by atoms with E-state index in [2.05, 4.69) is 20.8 Å². The molecule has 0 unspecified atom stereocenters. The highest BCUT2D eigenvalue weighted by Crippen LogP contribution is 2.39. The van der Waals surface area contributed by atoms with E-state index < -0.39 is 11.3 Å². The number of anilines is 1. The Bertz CT molecular complexity index is 715. The highest BCUT2D eigenvalue weighted by atomic mass is 79.9. The Labute approximate surface area is 174 Å². The molecule has 0 radical (unpaired) electrons. The van der Waals surface area contributed by atoms with E-state index in [9.17, 15) is 4.79 Å². The zero-order chi connectivity index (χ0) is 19.8. The van der Waals surface area contributed by atoms with Gasteiger partial charge in [-0.15, -0.1) is 0 Å². The molecule has 1 fully saturated rings. The van der Waals surface area contributed by atoms with Crippen LogP contribution in [0.15, 0.2) is 16.6 Å². The number of ether oxygens (including phenoxy) is 1. The van der Waals surface area contributed by atoms with Crippen LogP contribution in [0.4, 0.5) is 14.9 Å². The maximum Gasteiger partial charge on any atom is 0.410 e. The average molecular weight is 462 g/mol. The number of carbonyl (C=O) groups is 1. The molecule has 7 heteroatoms. The zero-order valence-electron chi connectivity index (χ0n) is 16.2. The number of piperidine rings is 1. The van der Waals surface area contributed by atoms with Crippen LogP contribution in [0, 0.1) is 0 Å². The van der Waals surface area contributed by atoms with Gasteiger partial charge in [-0.2, -0.15) is 0 Å². The molecule has 0 aliphatic carbocycles. The van der Waals surface area contributed by atoms with Gasteiger partial charge in [-0.25, -0.2) is 9.18 Å². The molecular formula is C20H27BrClFN2O2. The predicted molar refractivity (Wildman–Crippen MR) is 111 cm³/mol. The van der Waals surface area contributed by atoms with Crippen molar-refractivity contribution in [1.82, 2.24) is 4.90 Å². The number of alkyl halides is 1. The molecule has 0 aromatic heterocycles. The van der Waals surface area contributed by atoms with Crippen LogP contribution < -0.4 is 4.90 Å². The standard InChI is InChI=1S/C20H27BrClFN2O2/c1-19(2,3)27-18(26)24-9-6-20(23,7-10-24)13-25-8-4-5-14-11-15(22)12-16(21)17(14)25/h11-12H,4-10,13H2,1-3H3. The Kier molecular flexibility index (Phi) is 5.97. The minimum Gasteiger partial charge on any atom is -0.444 e. The van der Waals surface area contributed by atoms with Gasteiger partial charge in [0, 0.05) is 42.0 Å². The molecule has 1 aromatic rings. The minimum absolute atomic E-state index is 0.323. The summed E-state index contributed by atoms with van der Waals surface area (Å²) in [5, 5.41) is 0.697. The van der Waals surface area contributed by atoms with Crippen molar-refractivity contribution in [1.29, 1.82) is 0 Å². The van der Waals surface area contributed by atoms with E-state index in [1.54, 1.807) is 4.90 Å². The van der Waals surface area contributed by atoms with Gasteiger partial charge in [0.2, 0.25) is 0 Å². The third kappa shape index (κ3) is 5.08. The van der Waals surface area contributed by atoms with Gasteiger partial charge in [0.1, 0.15) is 11.3 Å². The van der Waals surface area contributed by atoms with Crippen molar-refractivity contribution in [3.63, 3.8) is 0 Å². The summed E-state index contributed by atoms with van der Waals surface area (Å²) in [5.74, 6) is 0. The van der Waals surface area contributed by atoms with E-state index in [0.717, 1.165) is 35.1 Å². The Morgan fingerprint density at radius 3 is 2.59 bits per heavy atom. The summed E-state index contributed by atoms with van der Waals surface area (Å²) in [6.45, 7) is 7.45. The molecular weight excluding hydrogens is 435 g/mol. The van der Waals surface area contributed by atoms with Crippen LogP contribution in [0.25, 0.3) is 0 Å². The first-order chi connectivity index (χ1) is 12.6. The number of hydrogen-bond donors (Lipinski definition) is 0. The number of carbonyl (C=O) groups excluding carboxylic acids is 1. The highest BCUT2D eigenvalue weighted by molar-refractivity contribution is 9.10. The maximum atomic E-state index is 15.6. The van der Waals surface area contributed by atoms with Gasteiger partial charge in [0.15, 0.2) is 0 Å². The van der Waals surface area contributed by atoms with Crippen LogP contribution in [0.3, 0.4) is 0 Å². The third-order valence-corrected chi connectivity index (χ3v) is 5.91. The molecule has 1 amide bonds. The normalized spacial score (nSPS) is 19.6. The van der Waals surface area contributed by atoms with E-state index in [0.29, 0.717) is 37.5 Å². The number of benzene rings is 1. The summed E-state index contributed by atoms with van der Waals surface area (Å²) in [4.78, 5) is 15.9. The predicted octanol–water partition coefficient (Wildman–Crippen LogP) is 5.59. The van der Waals surface area contributed by atoms with E-state index in [4.69, 9.17) is 16.3 Å². The van der Waals surface area contributed by atoms with Gasteiger partial charge in [0.25, 0.3) is 0 Å². The lowest BCUT2D eigenvalue weighted by molar-refractivity contribution is 0.00467. The van der Waals surface area contributed by atoms with Crippen LogP contribution in [-0.2, 0) is 11.2 Å². The van der Waals surface area contributed by atoms with Crippen molar-refractivity contribution in [2.24, 2.45) is 0 Å². The SMILES string of the molecule is CC(C)(C)OC(=O)N1CCC(F)(CN2CCCc3cc(Cl)cc(Br)c32)CC1. The van der Waals surface area contributed by atoms with Crippen molar-refractivity contribution in [2.45, 2.75) is 57.7 Å². The lowest BCUT2D eigenvalue weighted by Gasteiger charge is -2.42. The number of amides is 1. The average Bonchev–Trinajstić information content (AvgIpc) is 2.53. The number of aryl methyl sites for hydroxylation is 1. The molecule has 1 saturated heterocycles. The number of hydrogen-bond acceptors (Lipinski definition) is 3. The molecule has 2 aliphatic rings. The van der Waals surface area contributed by atoms with E-state index in [1.165, 1.54) is 0 Å². The lowest BCUT2D eigenvalue weighted by atomic mass is 9.91. The fraction of sp³-hybridized carbons (Fsp3) is 0.650. The first-order valence-electron chi connectivity index (χ1n) is 9.46. The van der Waals surface area contributed by atoms with Crippen molar-refractivity contribution < 1.29 is 13.9 Å². The zero-order valence-corrected chi connectivity index (χ0v) is 18.5. The molecule has 0 atom stereocenters. The second kappa shape index (κ2) is 7.78. The number of rotatable bonds is 2. The van der Waals surface area contributed by atoms with Crippen molar-refractivity contribution in [2.75, 3.05) is 31.1 Å². The molecule has 3 rings (SSSR count). The van der Waals surface area contributed by atoms with Gasteiger partial charge >= 0.3 is 6.09 Å². The first kappa shape index (κ1) is 20.7. The maximum absolute atomic E-state index is 15.6. The van der Waals surface area contributed by atoms with Gasteiger partial charge < -0.3 is 14.5 Å². The third-order valence-electron chi connectivity index (χ3n) is 5.08. The van der Waals surface area contributed by atoms with E-state index >= 15 is 4.39 Å². The first-order valence-corrected chi connectivity index (χ1v) is 10.6. The largest absolute Gasteiger partial charge is 0.444 e. The quantitative estimate of drug-likeness (QED) is 0.575. The van der Waals surface area contributed by atoms with Crippen LogP contribution in [0.1, 0.15) is 45.6 Å². The van der Waals surface area contributed by atoms with Crippen molar-refractivity contribution in [3.05, 3.63) is 27.2 Å². The van der Waals surface area contributed by atoms with Gasteiger partial charge in [0.05, 0.1) is 12.2 Å². The second-order valence-corrected chi connectivity index (χ2v) is 9.83. The summed E-state index contributed by atoms with van der Waals surface area (Å²) >= 11 is 9.76. The minimum atomic E-state index is -1.31. The molecule has 0 saturated carbocycles. The molecule has 150 valence electrons. The molecule has 27 heavy (non-hydrogen) atoms. The molecule has 1 aromatic carbocycles. The van der Waals surface area contributed by atoms with Gasteiger partial charge in [-0.05, 0) is 67.2 Å². The fourth-order valence-corrected chi connectivity index (χ4v) is 4.94. The van der Waals surface area contributed by atoms with Crippen LogP contribution in [0.5, 0.6) is 0 Å². The fourth-order valence-electron chi connectivity index (χ4n) is 3.81. The molecule has 0 bridgehead atoms. The summed E-state index contributed by atoms with van der Waals surface area (Å²) in [7, 11) is 0. The van der Waals surface area contributed by atoms with Crippen LogP contribution in [0.2, 0.25) is 5.02 Å². The van der Waals surface area contributed by atoms with Crippen molar-refractivity contribution >= 4 is 39.3 Å². The molecule has 0 spiro atoms. The lowest BCUT2D eigenvalue weighted by Crippen LogP contribution is -2.51. The number of fused-ring (bicyclic) bond motifs is 1. The van der Waals surface area contributed by atoms with E-state index in [-0.39, 0.29) is 6.09 Å². The number of likely N-dealkylation sites (tertiary alicyclic amines) is 1. The number of halogens is 3. The summed E-state index contributed by atoms with van der Waals surface area (Å²) in [5.41, 5.74) is 0.367. The van der Waals surface area contributed by atoms with E-state index in [1.807, 2.05) is 32.9 Å². The van der Waals surface area contributed by atoms with Crippen LogP contribution in [-0.4, -0.2) is 48.4 Å². The summed E-state index contributed by atoms with van der Waals surface area (Å²) in [6.07, 6.45) is 2.23. The van der Waals surface area contributed by atoms with Gasteiger partial charge in [-0.1, -0.05) is 11.6 Å². The topological polar surface area (TPSA) is 32.8 Å². The molecule has 2 heterocycles. The van der Waals surface area contributed by atoms with Crippen LogP contribution >= 0.6 is 27.5 Å². The smallest absolute Gasteiger partial charge is 0.410 e. The Hall–Kier alpha value is -1.01. The Morgan fingerprint density at radius 1 is 1.30 bits per heavy atom. The second-order valence-electron chi connectivity index (χ2n) is 8.54. The Balaban J connectivity index is 1.66. The molecule has 0 N–H and O–H groups in total. The monoisotopic (exact) mass is 460 g/mol. The van der Waals surface area contributed by atoms with Gasteiger partial charge in [-0.3, -0.25) is 0 Å². The molecule has 4 nitrogen and oxygen atoms in total. The number of nitrogens with zero attached hydrogens (tertiary/aromatic N) is 2. The van der Waals surface area contributed by atoms with Crippen molar-refractivity contribution in [3.8, 4) is 0 Å². The molecule has 2 aliphatic heterocycles. The summed E-state index contributed by atoms with van der Waals surface area (Å²) in [6, 6.07) is 3.85. The highest BCUT2D eigenvalue weighted by Gasteiger charge is 2.39. The Morgan fingerprint density at radius 2 is 1.96 bits per heavy atom. The summed E-state index contributed by atoms with van der Waals surface area (Å²) < 4.78 is 21.9.